The molecule has 26 heavy (non-hydrogen) atoms. The molecule has 3 heterocycles. The first-order chi connectivity index (χ1) is 12.6. The Morgan fingerprint density at radius 3 is 2.88 bits per heavy atom. The maximum atomic E-state index is 9.78. The first-order valence-corrected chi connectivity index (χ1v) is 9.09. The molecule has 1 aromatic carbocycles. The van der Waals surface area contributed by atoms with E-state index in [1.54, 1.807) is 6.20 Å². The summed E-state index contributed by atoms with van der Waals surface area (Å²) in [6, 6.07) is 9.78. The molecule has 6 nitrogen and oxygen atoms in total. The third-order valence-electron chi connectivity index (χ3n) is 5.23. The number of aromatic nitrogens is 3. The molecule has 3 N–H and O–H groups in total. The van der Waals surface area contributed by atoms with Crippen LogP contribution in [0.25, 0.3) is 22.4 Å². The van der Waals surface area contributed by atoms with Crippen molar-refractivity contribution >= 4 is 28.5 Å². The van der Waals surface area contributed by atoms with E-state index in [0.29, 0.717) is 23.8 Å². The van der Waals surface area contributed by atoms with Gasteiger partial charge in [-0.25, -0.2) is 9.97 Å². The fourth-order valence-electron chi connectivity index (χ4n) is 3.64. The maximum absolute atomic E-state index is 9.78. The molecule has 1 saturated heterocycles. The van der Waals surface area contributed by atoms with Crippen LogP contribution in [0.4, 0.5) is 5.82 Å². The monoisotopic (exact) mass is 372 g/mol. The second-order valence-electron chi connectivity index (χ2n) is 6.93. The summed E-state index contributed by atoms with van der Waals surface area (Å²) in [5.74, 6) is 1.51. The van der Waals surface area contributed by atoms with E-state index in [4.69, 9.17) is 11.6 Å². The Kier molecular flexibility index (Phi) is 4.56. The highest BCUT2D eigenvalue weighted by Gasteiger charge is 2.37. The summed E-state index contributed by atoms with van der Waals surface area (Å²) in [4.78, 5) is 14.5. The molecule has 1 aliphatic rings. The highest BCUT2D eigenvalue weighted by Crippen LogP contribution is 2.37. The lowest BCUT2D eigenvalue weighted by atomic mass is 9.85. The average Bonchev–Trinajstić information content (AvgIpc) is 3.27. The van der Waals surface area contributed by atoms with Gasteiger partial charge in [0, 0.05) is 36.9 Å². The molecule has 0 amide bonds. The van der Waals surface area contributed by atoms with Gasteiger partial charge in [0.25, 0.3) is 0 Å². The Morgan fingerprint density at radius 1 is 1.27 bits per heavy atom. The molecule has 1 atom stereocenters. The normalized spacial score (nSPS) is 20.2. The van der Waals surface area contributed by atoms with Crippen LogP contribution in [0.3, 0.4) is 0 Å². The van der Waals surface area contributed by atoms with Crippen LogP contribution in [-0.4, -0.2) is 51.5 Å². The molecule has 4 rings (SSSR count). The van der Waals surface area contributed by atoms with E-state index in [9.17, 15) is 10.2 Å². The lowest BCUT2D eigenvalue weighted by Gasteiger charge is -2.26. The first kappa shape index (κ1) is 17.3. The van der Waals surface area contributed by atoms with Crippen molar-refractivity contribution in [3.8, 4) is 11.4 Å². The number of aromatic amines is 1. The number of halogens is 1. The van der Waals surface area contributed by atoms with Crippen molar-refractivity contribution in [2.45, 2.75) is 12.8 Å². The number of nitrogens with one attached hydrogen (secondary N) is 1. The molecule has 136 valence electrons. The lowest BCUT2D eigenvalue weighted by Crippen LogP contribution is -2.31. The van der Waals surface area contributed by atoms with Crippen LogP contribution in [-0.2, 0) is 0 Å². The zero-order valence-corrected chi connectivity index (χ0v) is 15.1. The van der Waals surface area contributed by atoms with Crippen molar-refractivity contribution in [3.63, 3.8) is 0 Å². The third kappa shape index (κ3) is 3.05. The minimum Gasteiger partial charge on any atom is -0.396 e. The number of anilines is 1. The van der Waals surface area contributed by atoms with Gasteiger partial charge in [-0.1, -0.05) is 23.7 Å². The van der Waals surface area contributed by atoms with Crippen LogP contribution in [0, 0.1) is 5.41 Å². The van der Waals surface area contributed by atoms with E-state index in [0.717, 1.165) is 35.4 Å². The van der Waals surface area contributed by atoms with E-state index in [1.165, 1.54) is 0 Å². The first-order valence-electron chi connectivity index (χ1n) is 8.71. The summed E-state index contributed by atoms with van der Waals surface area (Å²) >= 11 is 6.38. The molecule has 0 saturated carbocycles. The van der Waals surface area contributed by atoms with Gasteiger partial charge >= 0.3 is 0 Å². The van der Waals surface area contributed by atoms with Gasteiger partial charge in [0.1, 0.15) is 11.6 Å². The molecule has 0 bridgehead atoms. The number of nitrogens with zero attached hydrogens (tertiary/aromatic N) is 3. The van der Waals surface area contributed by atoms with Crippen molar-refractivity contribution in [1.29, 1.82) is 0 Å². The van der Waals surface area contributed by atoms with Gasteiger partial charge in [0.2, 0.25) is 0 Å². The van der Waals surface area contributed by atoms with Crippen molar-refractivity contribution < 1.29 is 10.2 Å². The number of H-pyrrole nitrogens is 1. The van der Waals surface area contributed by atoms with Crippen molar-refractivity contribution in [2.75, 3.05) is 31.2 Å². The third-order valence-corrected chi connectivity index (χ3v) is 5.53. The van der Waals surface area contributed by atoms with E-state index < -0.39 is 0 Å². The second kappa shape index (κ2) is 6.87. The number of fused-ring (bicyclic) bond motifs is 1. The second-order valence-corrected chi connectivity index (χ2v) is 7.34. The van der Waals surface area contributed by atoms with E-state index in [-0.39, 0.29) is 18.6 Å². The summed E-state index contributed by atoms with van der Waals surface area (Å²) in [6.45, 7) is 1.59. The van der Waals surface area contributed by atoms with Gasteiger partial charge in [-0.2, -0.15) is 0 Å². The molecule has 1 aliphatic heterocycles. The summed E-state index contributed by atoms with van der Waals surface area (Å²) in [6.07, 6.45) is 3.06. The summed E-state index contributed by atoms with van der Waals surface area (Å²) < 4.78 is 0. The van der Waals surface area contributed by atoms with Gasteiger partial charge in [-0.3, -0.25) is 0 Å². The Labute approximate surface area is 156 Å². The number of imidazole rings is 1. The minimum absolute atomic E-state index is 0.0636. The Bertz CT molecular complexity index is 896. The maximum Gasteiger partial charge on any atom is 0.140 e. The van der Waals surface area contributed by atoms with Crippen LogP contribution in [0.15, 0.2) is 36.5 Å². The number of pyridine rings is 1. The molecule has 3 aromatic rings. The molecule has 1 unspecified atom stereocenters. The Morgan fingerprint density at radius 2 is 2.12 bits per heavy atom. The van der Waals surface area contributed by atoms with Crippen LogP contribution >= 0.6 is 11.6 Å². The van der Waals surface area contributed by atoms with Gasteiger partial charge in [-0.15, -0.1) is 0 Å². The summed E-state index contributed by atoms with van der Waals surface area (Å²) in [7, 11) is 0. The van der Waals surface area contributed by atoms with Crippen molar-refractivity contribution in [1.82, 2.24) is 15.0 Å². The minimum atomic E-state index is -0.268. The molecular formula is C19H21ClN4O2. The molecule has 1 fully saturated rings. The molecule has 7 heteroatoms. The van der Waals surface area contributed by atoms with E-state index in [2.05, 4.69) is 19.9 Å². The molecule has 2 aromatic heterocycles. The predicted octanol–water partition coefficient (Wildman–Crippen LogP) is 2.85. The van der Waals surface area contributed by atoms with E-state index >= 15 is 0 Å². The van der Waals surface area contributed by atoms with Gasteiger partial charge in [0.15, 0.2) is 0 Å². The van der Waals surface area contributed by atoms with Crippen LogP contribution < -0.4 is 4.90 Å². The number of aliphatic hydroxyl groups excluding tert-OH is 2. The van der Waals surface area contributed by atoms with Gasteiger partial charge in [0.05, 0.1) is 22.7 Å². The Hall–Kier alpha value is -2.15. The van der Waals surface area contributed by atoms with E-state index in [1.807, 2.05) is 30.3 Å². The van der Waals surface area contributed by atoms with Crippen LogP contribution in [0.5, 0.6) is 0 Å². The average molecular weight is 373 g/mol. The number of hydrogen-bond acceptors (Lipinski definition) is 5. The quantitative estimate of drug-likeness (QED) is 0.641. The van der Waals surface area contributed by atoms with Crippen molar-refractivity contribution in [3.05, 3.63) is 41.6 Å². The van der Waals surface area contributed by atoms with Crippen molar-refractivity contribution in [2.24, 2.45) is 5.41 Å². The number of benzene rings is 1. The molecule has 0 aliphatic carbocycles. The number of aliphatic hydroxyl groups is 2. The largest absolute Gasteiger partial charge is 0.396 e. The smallest absolute Gasteiger partial charge is 0.140 e. The predicted molar refractivity (Wildman–Crippen MR) is 102 cm³/mol. The summed E-state index contributed by atoms with van der Waals surface area (Å²) in [5.41, 5.74) is 2.38. The molecule has 0 spiro atoms. The number of rotatable bonds is 5. The highest BCUT2D eigenvalue weighted by molar-refractivity contribution is 6.33. The zero-order chi connectivity index (χ0) is 18.1. The SMILES string of the molecule is OCCC1(CO)CCN(c2cc(-c3nc4ccccc4[nH]3)c(Cl)cn2)C1. The Balaban J connectivity index is 1.67. The van der Waals surface area contributed by atoms with Gasteiger partial charge in [-0.05, 0) is 31.0 Å². The fraction of sp³-hybridized carbons (Fsp3) is 0.368. The fourth-order valence-corrected chi connectivity index (χ4v) is 3.84. The van der Waals surface area contributed by atoms with Crippen LogP contribution in [0.1, 0.15) is 12.8 Å². The summed E-state index contributed by atoms with van der Waals surface area (Å²) in [5, 5.41) is 19.6. The van der Waals surface area contributed by atoms with Crippen LogP contribution in [0.2, 0.25) is 5.02 Å². The molecular weight excluding hydrogens is 352 g/mol. The lowest BCUT2D eigenvalue weighted by molar-refractivity contribution is 0.109. The number of hydrogen-bond donors (Lipinski definition) is 3. The van der Waals surface area contributed by atoms with Gasteiger partial charge < -0.3 is 20.1 Å². The highest BCUT2D eigenvalue weighted by atomic mass is 35.5. The zero-order valence-electron chi connectivity index (χ0n) is 14.3. The standard InChI is InChI=1S/C19H21ClN4O2/c20-14-10-21-17(24-7-5-19(11-24,12-26)6-8-25)9-13(14)18-22-15-3-1-2-4-16(15)23-18/h1-4,9-10,25-26H,5-8,11-12H2,(H,22,23). The number of para-hydroxylation sites is 2. The topological polar surface area (TPSA) is 85.3 Å². The molecule has 0 radical (unpaired) electrons.